The van der Waals surface area contributed by atoms with Crippen molar-refractivity contribution < 1.29 is 27.5 Å². The average Bonchev–Trinajstić information content (AvgIpc) is 3.38. The molecule has 11 heteroatoms. The number of hydrogen-bond donors (Lipinski definition) is 1. The molecule has 3 aromatic rings. The quantitative estimate of drug-likeness (QED) is 0.450. The molecule has 0 fully saturated rings. The summed E-state index contributed by atoms with van der Waals surface area (Å²) < 4.78 is 38.1. The third-order valence-electron chi connectivity index (χ3n) is 4.61. The number of aliphatic carboxylic acids is 1. The van der Waals surface area contributed by atoms with E-state index in [2.05, 4.69) is 4.98 Å². The second-order valence-electron chi connectivity index (χ2n) is 7.19. The standard InChI is InChI=1S/C21H25N3O6S2/c1-15-18(22-21(30-15)19-5-4-12-31-19)10-11-29-17-8-6-16(7-9-17)13-24(14-20(25)26)32(27,28)23(2)3/h4-9,12H,10-11,13-14H2,1-3H3,(H,25,26). The van der Waals surface area contributed by atoms with Crippen LogP contribution in [0, 0.1) is 6.92 Å². The number of rotatable bonds is 11. The highest BCUT2D eigenvalue weighted by Gasteiger charge is 2.26. The van der Waals surface area contributed by atoms with Gasteiger partial charge in [0.25, 0.3) is 10.2 Å². The first kappa shape index (κ1) is 23.9. The van der Waals surface area contributed by atoms with Gasteiger partial charge in [0, 0.05) is 27.1 Å². The number of nitrogens with zero attached hydrogens (tertiary/aromatic N) is 3. The van der Waals surface area contributed by atoms with E-state index in [9.17, 15) is 13.2 Å². The largest absolute Gasteiger partial charge is 0.493 e. The number of ether oxygens (including phenoxy) is 1. The van der Waals surface area contributed by atoms with Crippen LogP contribution in [0.5, 0.6) is 5.75 Å². The van der Waals surface area contributed by atoms with Crippen LogP contribution in [0.2, 0.25) is 0 Å². The highest BCUT2D eigenvalue weighted by molar-refractivity contribution is 7.86. The lowest BCUT2D eigenvalue weighted by Gasteiger charge is -2.24. The van der Waals surface area contributed by atoms with Crippen molar-refractivity contribution >= 4 is 27.5 Å². The monoisotopic (exact) mass is 479 g/mol. The van der Waals surface area contributed by atoms with E-state index in [1.165, 1.54) is 14.1 Å². The normalized spacial score (nSPS) is 11.9. The Hall–Kier alpha value is -2.73. The predicted molar refractivity (Wildman–Crippen MR) is 121 cm³/mol. The maximum Gasteiger partial charge on any atom is 0.318 e. The van der Waals surface area contributed by atoms with Gasteiger partial charge in [0.15, 0.2) is 0 Å². The fourth-order valence-corrected chi connectivity index (χ4v) is 4.62. The van der Waals surface area contributed by atoms with Crippen LogP contribution in [0.25, 0.3) is 10.8 Å². The van der Waals surface area contributed by atoms with Gasteiger partial charge in [0.05, 0.1) is 17.2 Å². The average molecular weight is 480 g/mol. The molecule has 0 saturated heterocycles. The first-order valence-corrected chi connectivity index (χ1v) is 12.1. The molecule has 1 N–H and O–H groups in total. The van der Waals surface area contributed by atoms with Crippen LogP contribution in [0.15, 0.2) is 46.2 Å². The van der Waals surface area contributed by atoms with Crippen LogP contribution in [-0.4, -0.2) is 60.3 Å². The van der Waals surface area contributed by atoms with Crippen molar-refractivity contribution in [2.75, 3.05) is 27.2 Å². The van der Waals surface area contributed by atoms with Gasteiger partial charge in [-0.3, -0.25) is 4.79 Å². The lowest BCUT2D eigenvalue weighted by molar-refractivity contribution is -0.137. The molecule has 0 unspecified atom stereocenters. The van der Waals surface area contributed by atoms with E-state index in [0.29, 0.717) is 30.2 Å². The summed E-state index contributed by atoms with van der Waals surface area (Å²) in [5.41, 5.74) is 1.49. The van der Waals surface area contributed by atoms with Gasteiger partial charge in [-0.05, 0) is 36.1 Å². The molecule has 0 radical (unpaired) electrons. The van der Waals surface area contributed by atoms with E-state index in [4.69, 9.17) is 14.3 Å². The Morgan fingerprint density at radius 2 is 1.94 bits per heavy atom. The Labute approximate surface area is 191 Å². The maximum absolute atomic E-state index is 12.4. The van der Waals surface area contributed by atoms with E-state index in [1.807, 2.05) is 24.4 Å². The lowest BCUT2D eigenvalue weighted by atomic mass is 10.2. The first-order chi connectivity index (χ1) is 15.2. The zero-order valence-electron chi connectivity index (χ0n) is 18.0. The summed E-state index contributed by atoms with van der Waals surface area (Å²) >= 11 is 1.57. The molecule has 0 atom stereocenters. The fourth-order valence-electron chi connectivity index (χ4n) is 2.93. The SMILES string of the molecule is Cc1oc(-c2cccs2)nc1CCOc1ccc(CN(CC(=O)O)S(=O)(=O)N(C)C)cc1. The summed E-state index contributed by atoms with van der Waals surface area (Å²) in [4.78, 5) is 16.6. The molecule has 0 aliphatic rings. The molecule has 3 rings (SSSR count). The van der Waals surface area contributed by atoms with Crippen LogP contribution in [0.3, 0.4) is 0 Å². The Morgan fingerprint density at radius 1 is 1.22 bits per heavy atom. The van der Waals surface area contributed by atoms with E-state index in [1.54, 1.807) is 35.6 Å². The second-order valence-corrected chi connectivity index (χ2v) is 10.3. The zero-order chi connectivity index (χ0) is 23.3. The smallest absolute Gasteiger partial charge is 0.318 e. The van der Waals surface area contributed by atoms with Crippen molar-refractivity contribution in [3.63, 3.8) is 0 Å². The van der Waals surface area contributed by atoms with Crippen LogP contribution in [0.1, 0.15) is 17.0 Å². The highest BCUT2D eigenvalue weighted by Crippen LogP contribution is 2.26. The molecule has 0 aliphatic carbocycles. The van der Waals surface area contributed by atoms with Crippen molar-refractivity contribution in [1.29, 1.82) is 0 Å². The molecule has 9 nitrogen and oxygen atoms in total. The van der Waals surface area contributed by atoms with Crippen molar-refractivity contribution in [3.8, 4) is 16.5 Å². The summed E-state index contributed by atoms with van der Waals surface area (Å²) in [6.07, 6.45) is 0.579. The summed E-state index contributed by atoms with van der Waals surface area (Å²) in [5, 5.41) is 11.0. The highest BCUT2D eigenvalue weighted by atomic mass is 32.2. The predicted octanol–water partition coefficient (Wildman–Crippen LogP) is 3.03. The molecule has 0 spiro atoms. The second kappa shape index (κ2) is 10.3. The summed E-state index contributed by atoms with van der Waals surface area (Å²) in [6, 6.07) is 10.8. The molecule has 0 amide bonds. The minimum absolute atomic E-state index is 0.0588. The molecule has 1 aromatic carbocycles. The summed E-state index contributed by atoms with van der Waals surface area (Å²) in [6.45, 7) is 1.59. The van der Waals surface area contributed by atoms with Gasteiger partial charge in [0.2, 0.25) is 5.89 Å². The van der Waals surface area contributed by atoms with Crippen LogP contribution in [-0.2, 0) is 28.0 Å². The maximum atomic E-state index is 12.4. The van der Waals surface area contributed by atoms with Crippen LogP contribution < -0.4 is 4.74 Å². The molecular formula is C21H25N3O6S2. The molecular weight excluding hydrogens is 454 g/mol. The minimum atomic E-state index is -3.87. The van der Waals surface area contributed by atoms with Gasteiger partial charge in [-0.2, -0.15) is 17.0 Å². The first-order valence-electron chi connectivity index (χ1n) is 9.78. The number of carboxylic acid groups (broad SMARTS) is 1. The number of aromatic nitrogens is 1. The lowest BCUT2D eigenvalue weighted by Crippen LogP contribution is -2.42. The van der Waals surface area contributed by atoms with Crippen molar-refractivity contribution in [3.05, 3.63) is 58.8 Å². The Kier molecular flexibility index (Phi) is 7.67. The number of oxazole rings is 1. The van der Waals surface area contributed by atoms with Gasteiger partial charge in [0.1, 0.15) is 18.1 Å². The van der Waals surface area contributed by atoms with Crippen molar-refractivity contribution in [2.45, 2.75) is 19.9 Å². The summed E-state index contributed by atoms with van der Waals surface area (Å²) in [7, 11) is -1.14. The van der Waals surface area contributed by atoms with Gasteiger partial charge in [-0.25, -0.2) is 4.98 Å². The molecule has 2 heterocycles. The number of thiophene rings is 1. The summed E-state index contributed by atoms with van der Waals surface area (Å²) in [5.74, 6) is 0.762. The minimum Gasteiger partial charge on any atom is -0.493 e. The molecule has 0 aliphatic heterocycles. The fraction of sp³-hybridized carbons (Fsp3) is 0.333. The van der Waals surface area contributed by atoms with Crippen LogP contribution >= 0.6 is 11.3 Å². The molecule has 32 heavy (non-hydrogen) atoms. The Morgan fingerprint density at radius 3 is 2.53 bits per heavy atom. The topological polar surface area (TPSA) is 113 Å². The van der Waals surface area contributed by atoms with Gasteiger partial charge >= 0.3 is 5.97 Å². The molecule has 172 valence electrons. The number of hydrogen-bond acceptors (Lipinski definition) is 7. The van der Waals surface area contributed by atoms with Gasteiger partial charge < -0.3 is 14.3 Å². The van der Waals surface area contributed by atoms with E-state index in [-0.39, 0.29) is 6.54 Å². The van der Waals surface area contributed by atoms with Gasteiger partial charge in [-0.1, -0.05) is 18.2 Å². The Bertz CT molecular complexity index is 1140. The van der Waals surface area contributed by atoms with E-state index in [0.717, 1.165) is 24.9 Å². The van der Waals surface area contributed by atoms with Gasteiger partial charge in [-0.15, -0.1) is 11.3 Å². The molecule has 0 saturated carbocycles. The van der Waals surface area contributed by atoms with Crippen LogP contribution in [0.4, 0.5) is 0 Å². The van der Waals surface area contributed by atoms with Crippen molar-refractivity contribution in [1.82, 2.24) is 13.6 Å². The van der Waals surface area contributed by atoms with Crippen molar-refractivity contribution in [2.24, 2.45) is 0 Å². The number of carboxylic acids is 1. The molecule has 0 bridgehead atoms. The third-order valence-corrected chi connectivity index (χ3v) is 7.31. The van der Waals surface area contributed by atoms with E-state index < -0.39 is 22.7 Å². The Balaban J connectivity index is 1.58. The number of aryl methyl sites for hydroxylation is 1. The third kappa shape index (κ3) is 5.94. The van der Waals surface area contributed by atoms with E-state index >= 15 is 0 Å². The number of benzene rings is 1. The number of carbonyl (C=O) groups is 1. The molecule has 2 aromatic heterocycles. The zero-order valence-corrected chi connectivity index (χ0v) is 19.6.